The average molecular weight is 317 g/mol. The number of aromatic nitrogens is 3. The zero-order chi connectivity index (χ0) is 16.5. The third-order valence-corrected chi connectivity index (χ3v) is 3.77. The lowest BCUT2D eigenvalue weighted by Crippen LogP contribution is -2.22. The minimum atomic E-state index is -0.363. The predicted molar refractivity (Wildman–Crippen MR) is 90.5 cm³/mol. The molecule has 4 rings (SSSR count). The molecular weight excluding hydrogens is 305 g/mol. The van der Waals surface area contributed by atoms with Crippen LogP contribution >= 0.6 is 0 Å². The predicted octanol–water partition coefficient (Wildman–Crippen LogP) is 3.59. The van der Waals surface area contributed by atoms with Crippen LogP contribution in [0.25, 0.3) is 27.8 Å². The molecule has 2 heterocycles. The Kier molecular flexibility index (Phi) is 3.39. The molecule has 4 nitrogen and oxygen atoms in total. The SMILES string of the molecule is O=c1c2cccnc2c(-c2ccccc2)nn1-c1ccc(F)cc1. The summed E-state index contributed by atoms with van der Waals surface area (Å²) in [7, 11) is 0. The third-order valence-electron chi connectivity index (χ3n) is 3.77. The maximum atomic E-state index is 13.2. The molecule has 4 aromatic rings. The Balaban J connectivity index is 2.07. The van der Waals surface area contributed by atoms with Crippen LogP contribution in [0.15, 0.2) is 77.7 Å². The number of benzene rings is 2. The number of fused-ring (bicyclic) bond motifs is 1. The number of pyridine rings is 1. The summed E-state index contributed by atoms with van der Waals surface area (Å²) < 4.78 is 14.5. The summed E-state index contributed by atoms with van der Waals surface area (Å²) in [5, 5.41) is 4.96. The van der Waals surface area contributed by atoms with E-state index in [0.717, 1.165) is 5.56 Å². The molecule has 0 atom stereocenters. The van der Waals surface area contributed by atoms with Gasteiger partial charge in [-0.3, -0.25) is 9.78 Å². The molecule has 116 valence electrons. The molecule has 0 bridgehead atoms. The first kappa shape index (κ1) is 14.3. The van der Waals surface area contributed by atoms with Crippen LogP contribution in [0.3, 0.4) is 0 Å². The van der Waals surface area contributed by atoms with Crippen LogP contribution in [-0.4, -0.2) is 14.8 Å². The van der Waals surface area contributed by atoms with Crippen molar-refractivity contribution in [2.75, 3.05) is 0 Å². The van der Waals surface area contributed by atoms with Crippen LogP contribution in [0.2, 0.25) is 0 Å². The summed E-state index contributed by atoms with van der Waals surface area (Å²) in [4.78, 5) is 17.1. The van der Waals surface area contributed by atoms with Gasteiger partial charge in [-0.15, -0.1) is 0 Å². The Bertz CT molecular complexity index is 1070. The van der Waals surface area contributed by atoms with Gasteiger partial charge < -0.3 is 0 Å². The van der Waals surface area contributed by atoms with Crippen molar-refractivity contribution in [2.24, 2.45) is 0 Å². The summed E-state index contributed by atoms with van der Waals surface area (Å²) in [5.74, 6) is -0.363. The molecule has 0 fully saturated rings. The van der Waals surface area contributed by atoms with Crippen molar-refractivity contribution in [1.82, 2.24) is 14.8 Å². The first-order valence-electron chi connectivity index (χ1n) is 7.43. The maximum Gasteiger partial charge on any atom is 0.280 e. The molecule has 5 heteroatoms. The van der Waals surface area contributed by atoms with E-state index in [4.69, 9.17) is 0 Å². The van der Waals surface area contributed by atoms with Gasteiger partial charge in [-0.2, -0.15) is 9.78 Å². The van der Waals surface area contributed by atoms with Gasteiger partial charge >= 0.3 is 0 Å². The molecule has 0 saturated carbocycles. The van der Waals surface area contributed by atoms with Gasteiger partial charge in [-0.05, 0) is 36.4 Å². The minimum Gasteiger partial charge on any atom is -0.267 e. The summed E-state index contributed by atoms with van der Waals surface area (Å²) in [6, 6.07) is 18.6. The number of hydrogen-bond acceptors (Lipinski definition) is 3. The van der Waals surface area contributed by atoms with Gasteiger partial charge in [-0.1, -0.05) is 30.3 Å². The number of nitrogens with zero attached hydrogens (tertiary/aromatic N) is 3. The van der Waals surface area contributed by atoms with Gasteiger partial charge in [0.2, 0.25) is 0 Å². The van der Waals surface area contributed by atoms with Crippen LogP contribution in [0.5, 0.6) is 0 Å². The lowest BCUT2D eigenvalue weighted by molar-refractivity contribution is 0.626. The smallest absolute Gasteiger partial charge is 0.267 e. The van der Waals surface area contributed by atoms with E-state index in [1.54, 1.807) is 18.3 Å². The van der Waals surface area contributed by atoms with Crippen molar-refractivity contribution in [3.05, 3.63) is 89.1 Å². The Morgan fingerprint density at radius 3 is 2.38 bits per heavy atom. The zero-order valence-corrected chi connectivity index (χ0v) is 12.6. The van der Waals surface area contributed by atoms with E-state index in [-0.39, 0.29) is 11.4 Å². The van der Waals surface area contributed by atoms with E-state index < -0.39 is 0 Å². The topological polar surface area (TPSA) is 47.8 Å². The standard InChI is InChI=1S/C19H12FN3O/c20-14-8-10-15(11-9-14)23-19(24)16-7-4-12-21-18(16)17(22-23)13-5-2-1-3-6-13/h1-12H. The number of hydrogen-bond donors (Lipinski definition) is 0. The highest BCUT2D eigenvalue weighted by atomic mass is 19.1. The normalized spacial score (nSPS) is 10.9. The number of halogens is 1. The van der Waals surface area contributed by atoms with E-state index in [9.17, 15) is 9.18 Å². The van der Waals surface area contributed by atoms with Crippen molar-refractivity contribution in [1.29, 1.82) is 0 Å². The number of rotatable bonds is 2. The zero-order valence-electron chi connectivity index (χ0n) is 12.6. The first-order valence-corrected chi connectivity index (χ1v) is 7.43. The molecular formula is C19H12FN3O. The lowest BCUT2D eigenvalue weighted by Gasteiger charge is -2.10. The third kappa shape index (κ3) is 2.36. The Morgan fingerprint density at radius 1 is 0.875 bits per heavy atom. The van der Waals surface area contributed by atoms with Crippen molar-refractivity contribution in [3.63, 3.8) is 0 Å². The molecule has 24 heavy (non-hydrogen) atoms. The fraction of sp³-hybridized carbons (Fsp3) is 0. The van der Waals surface area contributed by atoms with Crippen LogP contribution in [0, 0.1) is 5.82 Å². The minimum absolute atomic E-state index is 0.288. The highest BCUT2D eigenvalue weighted by Gasteiger charge is 2.14. The van der Waals surface area contributed by atoms with Gasteiger partial charge in [0.15, 0.2) is 0 Å². The fourth-order valence-electron chi connectivity index (χ4n) is 2.62. The summed E-state index contributed by atoms with van der Waals surface area (Å²) >= 11 is 0. The van der Waals surface area contributed by atoms with E-state index in [2.05, 4.69) is 10.1 Å². The highest BCUT2D eigenvalue weighted by molar-refractivity contribution is 5.90. The second-order valence-corrected chi connectivity index (χ2v) is 5.31. The van der Waals surface area contributed by atoms with Crippen LogP contribution in [0.1, 0.15) is 0 Å². The Morgan fingerprint density at radius 2 is 1.62 bits per heavy atom. The van der Waals surface area contributed by atoms with Gasteiger partial charge in [-0.25, -0.2) is 4.39 Å². The average Bonchev–Trinajstić information content (AvgIpc) is 2.64. The Hall–Kier alpha value is -3.34. The monoisotopic (exact) mass is 317 g/mol. The fourth-order valence-corrected chi connectivity index (χ4v) is 2.62. The largest absolute Gasteiger partial charge is 0.280 e. The van der Waals surface area contributed by atoms with Gasteiger partial charge in [0, 0.05) is 11.8 Å². The molecule has 0 unspecified atom stereocenters. The molecule has 0 spiro atoms. The van der Waals surface area contributed by atoms with Crippen molar-refractivity contribution in [2.45, 2.75) is 0 Å². The second-order valence-electron chi connectivity index (χ2n) is 5.31. The summed E-state index contributed by atoms with van der Waals surface area (Å²) in [6.07, 6.45) is 1.64. The van der Waals surface area contributed by atoms with Gasteiger partial charge in [0.05, 0.1) is 11.1 Å². The van der Waals surface area contributed by atoms with Crippen molar-refractivity contribution < 1.29 is 4.39 Å². The molecule has 0 amide bonds. The van der Waals surface area contributed by atoms with Gasteiger partial charge in [0.25, 0.3) is 5.56 Å². The van der Waals surface area contributed by atoms with Crippen LogP contribution < -0.4 is 5.56 Å². The molecule has 0 aliphatic rings. The molecule has 0 N–H and O–H groups in total. The summed E-state index contributed by atoms with van der Waals surface area (Å²) in [5.41, 5.74) is 2.23. The molecule has 0 aliphatic heterocycles. The van der Waals surface area contributed by atoms with Gasteiger partial charge in [0.1, 0.15) is 17.0 Å². The lowest BCUT2D eigenvalue weighted by atomic mass is 10.1. The molecule has 0 aliphatic carbocycles. The summed E-state index contributed by atoms with van der Waals surface area (Å²) in [6.45, 7) is 0. The molecule has 0 radical (unpaired) electrons. The van der Waals surface area contributed by atoms with Crippen molar-refractivity contribution in [3.8, 4) is 16.9 Å². The van der Waals surface area contributed by atoms with E-state index in [0.29, 0.717) is 22.3 Å². The Labute approximate surface area is 136 Å². The van der Waals surface area contributed by atoms with E-state index in [1.165, 1.54) is 28.9 Å². The quantitative estimate of drug-likeness (QED) is 0.568. The highest BCUT2D eigenvalue weighted by Crippen LogP contribution is 2.23. The van der Waals surface area contributed by atoms with E-state index >= 15 is 0 Å². The second kappa shape index (κ2) is 5.70. The molecule has 2 aromatic heterocycles. The maximum absolute atomic E-state index is 13.2. The first-order chi connectivity index (χ1) is 11.7. The van der Waals surface area contributed by atoms with Crippen LogP contribution in [0.4, 0.5) is 4.39 Å². The van der Waals surface area contributed by atoms with E-state index in [1.807, 2.05) is 30.3 Å². The van der Waals surface area contributed by atoms with Crippen molar-refractivity contribution >= 4 is 10.9 Å². The molecule has 0 saturated heterocycles. The van der Waals surface area contributed by atoms with Crippen LogP contribution in [-0.2, 0) is 0 Å². The molecule has 2 aromatic carbocycles.